The number of hydrogen-bond donors (Lipinski definition) is 1. The van der Waals surface area contributed by atoms with Gasteiger partial charge < -0.3 is 10.3 Å². The van der Waals surface area contributed by atoms with Gasteiger partial charge in [0.25, 0.3) is 5.91 Å². The molecule has 0 spiro atoms. The first-order chi connectivity index (χ1) is 7.43. The van der Waals surface area contributed by atoms with E-state index in [9.17, 15) is 13.6 Å². The summed E-state index contributed by atoms with van der Waals surface area (Å²) in [5.74, 6) is -2.51. The molecule has 1 aromatic carbocycles. The topological polar surface area (TPSA) is 48.0 Å². The summed E-state index contributed by atoms with van der Waals surface area (Å²) in [6.45, 7) is 1.47. The molecule has 2 N–H and O–H groups in total. The number of fused-ring (bicyclic) bond motifs is 1. The monoisotopic (exact) mass is 224 g/mol. The van der Waals surface area contributed by atoms with Gasteiger partial charge >= 0.3 is 0 Å². The van der Waals surface area contributed by atoms with Crippen molar-refractivity contribution < 1.29 is 13.6 Å². The van der Waals surface area contributed by atoms with Crippen molar-refractivity contribution in [3.63, 3.8) is 0 Å². The van der Waals surface area contributed by atoms with E-state index < -0.39 is 17.5 Å². The summed E-state index contributed by atoms with van der Waals surface area (Å²) in [7, 11) is 1.58. The van der Waals surface area contributed by atoms with Crippen molar-refractivity contribution in [1.29, 1.82) is 0 Å². The van der Waals surface area contributed by atoms with Crippen LogP contribution in [-0.4, -0.2) is 10.5 Å². The van der Waals surface area contributed by atoms with Crippen molar-refractivity contribution >= 4 is 16.8 Å². The summed E-state index contributed by atoms with van der Waals surface area (Å²) in [6.07, 6.45) is 0. The lowest BCUT2D eigenvalue weighted by Gasteiger charge is -2.02. The van der Waals surface area contributed by atoms with Crippen LogP contribution in [0.25, 0.3) is 10.9 Å². The van der Waals surface area contributed by atoms with Gasteiger partial charge in [-0.2, -0.15) is 0 Å². The van der Waals surface area contributed by atoms with Crippen LogP contribution in [0.3, 0.4) is 0 Å². The van der Waals surface area contributed by atoms with Gasteiger partial charge in [0.15, 0.2) is 11.6 Å². The Morgan fingerprint density at radius 1 is 1.31 bits per heavy atom. The highest BCUT2D eigenvalue weighted by atomic mass is 19.2. The first-order valence-electron chi connectivity index (χ1n) is 4.67. The van der Waals surface area contributed by atoms with Crippen LogP contribution in [0.2, 0.25) is 0 Å². The van der Waals surface area contributed by atoms with Gasteiger partial charge in [0, 0.05) is 12.4 Å². The second kappa shape index (κ2) is 3.30. The second-order valence-corrected chi connectivity index (χ2v) is 3.71. The number of primary amides is 1. The zero-order valence-electron chi connectivity index (χ0n) is 8.84. The second-order valence-electron chi connectivity index (χ2n) is 3.71. The molecule has 0 bridgehead atoms. The summed E-state index contributed by atoms with van der Waals surface area (Å²) in [4.78, 5) is 11.1. The molecule has 0 aliphatic carbocycles. The minimum absolute atomic E-state index is 0.0689. The number of benzene rings is 1. The molecule has 84 valence electrons. The van der Waals surface area contributed by atoms with Crippen molar-refractivity contribution in [3.05, 3.63) is 35.0 Å². The maximum Gasteiger partial charge on any atom is 0.265 e. The molecular weight excluding hydrogens is 214 g/mol. The lowest BCUT2D eigenvalue weighted by atomic mass is 10.1. The van der Waals surface area contributed by atoms with Crippen LogP contribution >= 0.6 is 0 Å². The molecule has 0 unspecified atom stereocenters. The Morgan fingerprint density at radius 2 is 1.94 bits per heavy atom. The normalized spacial score (nSPS) is 11.0. The van der Waals surface area contributed by atoms with E-state index in [1.165, 1.54) is 23.6 Å². The summed E-state index contributed by atoms with van der Waals surface area (Å²) < 4.78 is 28.3. The molecule has 0 aliphatic heterocycles. The first kappa shape index (κ1) is 10.6. The third kappa shape index (κ3) is 1.28. The maximum absolute atomic E-state index is 13.6. The van der Waals surface area contributed by atoms with Crippen LogP contribution in [0.4, 0.5) is 8.78 Å². The largest absolute Gasteiger partial charge is 0.364 e. The SMILES string of the molecule is Cc1cc2c(cc(C(N)=O)n2C)c(F)c1F. The van der Waals surface area contributed by atoms with Crippen LogP contribution in [0.15, 0.2) is 12.1 Å². The van der Waals surface area contributed by atoms with Gasteiger partial charge in [-0.3, -0.25) is 4.79 Å². The summed E-state index contributed by atoms with van der Waals surface area (Å²) in [5.41, 5.74) is 5.93. The Morgan fingerprint density at radius 3 is 2.50 bits per heavy atom. The van der Waals surface area contributed by atoms with E-state index in [1.54, 1.807) is 7.05 Å². The number of carbonyl (C=O) groups excluding carboxylic acids is 1. The zero-order valence-corrected chi connectivity index (χ0v) is 8.84. The molecule has 0 aliphatic rings. The molecule has 1 aromatic heterocycles. The fourth-order valence-corrected chi connectivity index (χ4v) is 1.76. The Hall–Kier alpha value is -1.91. The molecule has 2 aromatic rings. The number of nitrogens with zero attached hydrogens (tertiary/aromatic N) is 1. The number of nitrogens with two attached hydrogens (primary N) is 1. The Bertz CT molecular complexity index is 602. The first-order valence-corrected chi connectivity index (χ1v) is 4.67. The fourth-order valence-electron chi connectivity index (χ4n) is 1.76. The fraction of sp³-hybridized carbons (Fsp3) is 0.182. The zero-order chi connectivity index (χ0) is 12.0. The summed E-state index contributed by atoms with van der Waals surface area (Å²) in [5, 5.41) is 0.0689. The van der Waals surface area contributed by atoms with Crippen LogP contribution in [-0.2, 0) is 7.05 Å². The molecule has 0 saturated carbocycles. The van der Waals surface area contributed by atoms with E-state index >= 15 is 0 Å². The van der Waals surface area contributed by atoms with E-state index in [-0.39, 0.29) is 16.6 Å². The highest BCUT2D eigenvalue weighted by Crippen LogP contribution is 2.25. The predicted octanol–water partition coefficient (Wildman–Crippen LogP) is 1.86. The molecule has 3 nitrogen and oxygen atoms in total. The molecule has 0 saturated heterocycles. The van der Waals surface area contributed by atoms with Gasteiger partial charge in [-0.1, -0.05) is 0 Å². The molecule has 1 heterocycles. The summed E-state index contributed by atoms with van der Waals surface area (Å²) in [6, 6.07) is 2.75. The third-order valence-corrected chi connectivity index (χ3v) is 2.66. The average molecular weight is 224 g/mol. The molecule has 16 heavy (non-hydrogen) atoms. The lowest BCUT2D eigenvalue weighted by Crippen LogP contribution is -2.14. The molecule has 0 radical (unpaired) electrons. The van der Waals surface area contributed by atoms with Gasteiger partial charge in [-0.25, -0.2) is 8.78 Å². The van der Waals surface area contributed by atoms with Crippen LogP contribution in [0, 0.1) is 18.6 Å². The number of hydrogen-bond acceptors (Lipinski definition) is 1. The maximum atomic E-state index is 13.6. The van der Waals surface area contributed by atoms with E-state index in [2.05, 4.69) is 0 Å². The Labute approximate surface area is 90.5 Å². The molecule has 2 rings (SSSR count). The van der Waals surface area contributed by atoms with E-state index in [4.69, 9.17) is 5.73 Å². The van der Waals surface area contributed by atoms with Crippen LogP contribution < -0.4 is 5.73 Å². The van der Waals surface area contributed by atoms with E-state index in [0.29, 0.717) is 5.52 Å². The lowest BCUT2D eigenvalue weighted by molar-refractivity contribution is 0.0993. The van der Waals surface area contributed by atoms with Crippen LogP contribution in [0.1, 0.15) is 16.1 Å². The van der Waals surface area contributed by atoms with E-state index in [1.807, 2.05) is 0 Å². The minimum Gasteiger partial charge on any atom is -0.364 e. The molecular formula is C11H10F2N2O. The highest BCUT2D eigenvalue weighted by molar-refractivity contribution is 5.98. The smallest absolute Gasteiger partial charge is 0.265 e. The standard InChI is InChI=1S/C11H10F2N2O/c1-5-3-7-6(10(13)9(5)12)4-8(11(14)16)15(7)2/h3-4H,1-2H3,(H2,14,16). The number of aryl methyl sites for hydroxylation is 2. The number of halogens is 2. The minimum atomic E-state index is -0.946. The summed E-state index contributed by atoms with van der Waals surface area (Å²) >= 11 is 0. The number of amides is 1. The molecule has 5 heteroatoms. The number of rotatable bonds is 1. The average Bonchev–Trinajstić information content (AvgIpc) is 2.54. The van der Waals surface area contributed by atoms with Gasteiger partial charge in [0.2, 0.25) is 0 Å². The Balaban J connectivity index is 2.92. The van der Waals surface area contributed by atoms with Crippen molar-refractivity contribution in [2.75, 3.05) is 0 Å². The van der Waals surface area contributed by atoms with Gasteiger partial charge in [0.05, 0.1) is 5.52 Å². The van der Waals surface area contributed by atoms with Crippen molar-refractivity contribution in [2.45, 2.75) is 6.92 Å². The van der Waals surface area contributed by atoms with Gasteiger partial charge in [-0.15, -0.1) is 0 Å². The van der Waals surface area contributed by atoms with Crippen molar-refractivity contribution in [2.24, 2.45) is 12.8 Å². The molecule has 0 fully saturated rings. The number of carbonyl (C=O) groups is 1. The molecule has 1 amide bonds. The molecule has 0 atom stereocenters. The van der Waals surface area contributed by atoms with Crippen molar-refractivity contribution in [3.8, 4) is 0 Å². The van der Waals surface area contributed by atoms with E-state index in [0.717, 1.165) is 0 Å². The van der Waals surface area contributed by atoms with Gasteiger partial charge in [-0.05, 0) is 24.6 Å². The van der Waals surface area contributed by atoms with Crippen LogP contribution in [0.5, 0.6) is 0 Å². The predicted molar refractivity (Wildman–Crippen MR) is 56.1 cm³/mol. The highest BCUT2D eigenvalue weighted by Gasteiger charge is 2.17. The van der Waals surface area contributed by atoms with Gasteiger partial charge in [0.1, 0.15) is 5.69 Å². The Kier molecular flexibility index (Phi) is 2.18. The third-order valence-electron chi connectivity index (χ3n) is 2.66. The van der Waals surface area contributed by atoms with Crippen molar-refractivity contribution in [1.82, 2.24) is 4.57 Å². The number of aromatic nitrogens is 1. The quantitative estimate of drug-likeness (QED) is 0.789.